The molecule has 0 aliphatic carbocycles. The molecule has 1 heterocycles. The zero-order valence-corrected chi connectivity index (χ0v) is 12.9. The number of rotatable bonds is 4. The predicted octanol–water partition coefficient (Wildman–Crippen LogP) is 2.56. The van der Waals surface area contributed by atoms with E-state index in [0.29, 0.717) is 18.5 Å². The van der Waals surface area contributed by atoms with E-state index in [1.54, 1.807) is 0 Å². The molecule has 1 aliphatic heterocycles. The van der Waals surface area contributed by atoms with E-state index < -0.39 is 36.1 Å². The fourth-order valence-electron chi connectivity index (χ4n) is 2.92. The van der Waals surface area contributed by atoms with Crippen molar-refractivity contribution in [2.45, 2.75) is 43.9 Å². The summed E-state index contributed by atoms with van der Waals surface area (Å²) in [6, 6.07) is 3.17. The van der Waals surface area contributed by atoms with Crippen LogP contribution in [0.5, 0.6) is 0 Å². The highest BCUT2D eigenvalue weighted by Crippen LogP contribution is 2.34. The van der Waals surface area contributed by atoms with Crippen LogP contribution in [0.15, 0.2) is 24.3 Å². The average molecular weight is 344 g/mol. The first-order valence-corrected chi connectivity index (χ1v) is 7.65. The predicted molar refractivity (Wildman–Crippen MR) is 80.0 cm³/mol. The highest BCUT2D eigenvalue weighted by Gasteiger charge is 2.33. The van der Waals surface area contributed by atoms with Crippen LogP contribution >= 0.6 is 0 Å². The molecule has 1 aliphatic rings. The van der Waals surface area contributed by atoms with Crippen molar-refractivity contribution in [2.75, 3.05) is 6.54 Å². The van der Waals surface area contributed by atoms with E-state index in [2.05, 4.69) is 0 Å². The molecule has 1 saturated heterocycles. The number of carbonyl (C=O) groups is 2. The summed E-state index contributed by atoms with van der Waals surface area (Å²) < 4.78 is 38.0. The number of carboxylic acids is 1. The van der Waals surface area contributed by atoms with Gasteiger partial charge in [-0.3, -0.25) is 9.59 Å². The Hall–Kier alpha value is -2.09. The van der Waals surface area contributed by atoms with Gasteiger partial charge in [0.1, 0.15) is 0 Å². The molecule has 3 N–H and O–H groups in total. The molecule has 1 unspecified atom stereocenters. The van der Waals surface area contributed by atoms with E-state index in [1.807, 2.05) is 0 Å². The first-order chi connectivity index (χ1) is 11.2. The molecule has 1 aromatic carbocycles. The summed E-state index contributed by atoms with van der Waals surface area (Å²) in [6.45, 7) is 0.415. The monoisotopic (exact) mass is 344 g/mol. The first kappa shape index (κ1) is 18.3. The summed E-state index contributed by atoms with van der Waals surface area (Å²) in [4.78, 5) is 24.6. The fourth-order valence-corrected chi connectivity index (χ4v) is 2.92. The van der Waals surface area contributed by atoms with Crippen LogP contribution in [-0.4, -0.2) is 34.5 Å². The average Bonchev–Trinajstić information content (AvgIpc) is 2.53. The fraction of sp³-hybridized carbons (Fsp3) is 0.500. The highest BCUT2D eigenvalue weighted by atomic mass is 19.4. The van der Waals surface area contributed by atoms with Crippen molar-refractivity contribution in [3.63, 3.8) is 0 Å². The summed E-state index contributed by atoms with van der Waals surface area (Å²) in [7, 11) is 0. The molecule has 1 amide bonds. The molecule has 2 rings (SSSR count). The molecule has 0 spiro atoms. The summed E-state index contributed by atoms with van der Waals surface area (Å²) in [5.41, 5.74) is 5.50. The zero-order chi connectivity index (χ0) is 17.9. The van der Waals surface area contributed by atoms with Crippen LogP contribution in [0.4, 0.5) is 13.2 Å². The molecule has 0 saturated carbocycles. The van der Waals surface area contributed by atoms with Gasteiger partial charge in [-0.2, -0.15) is 13.2 Å². The minimum absolute atomic E-state index is 0.381. The Morgan fingerprint density at radius 1 is 1.25 bits per heavy atom. The van der Waals surface area contributed by atoms with E-state index in [4.69, 9.17) is 10.8 Å². The third kappa shape index (κ3) is 4.25. The number of hydrogen-bond acceptors (Lipinski definition) is 3. The number of hydrogen-bond donors (Lipinski definition) is 2. The molecule has 5 nitrogen and oxygen atoms in total. The second kappa shape index (κ2) is 7.21. The number of benzene rings is 1. The number of halogens is 3. The van der Waals surface area contributed by atoms with Crippen molar-refractivity contribution >= 4 is 11.9 Å². The van der Waals surface area contributed by atoms with Crippen molar-refractivity contribution in [1.82, 2.24) is 4.90 Å². The topological polar surface area (TPSA) is 83.6 Å². The van der Waals surface area contributed by atoms with E-state index in [1.165, 1.54) is 17.0 Å². The van der Waals surface area contributed by atoms with E-state index in [-0.39, 0.29) is 6.04 Å². The Bertz CT molecular complexity index is 602. The second-order valence-corrected chi connectivity index (χ2v) is 5.87. The Labute approximate surface area is 137 Å². The number of nitrogens with two attached hydrogens (primary N) is 1. The van der Waals surface area contributed by atoms with Crippen molar-refractivity contribution < 1.29 is 27.9 Å². The molecule has 0 radical (unpaired) electrons. The van der Waals surface area contributed by atoms with Gasteiger partial charge >= 0.3 is 12.1 Å². The number of carboxylic acid groups (broad SMARTS) is 1. The van der Waals surface area contributed by atoms with E-state index >= 15 is 0 Å². The molecule has 8 heteroatoms. The van der Waals surface area contributed by atoms with Gasteiger partial charge in [-0.25, -0.2) is 0 Å². The van der Waals surface area contributed by atoms with Gasteiger partial charge in [-0.1, -0.05) is 12.1 Å². The largest absolute Gasteiger partial charge is 0.481 e. The lowest BCUT2D eigenvalue weighted by atomic mass is 9.93. The van der Waals surface area contributed by atoms with Crippen molar-refractivity contribution in [3.8, 4) is 0 Å². The summed E-state index contributed by atoms with van der Waals surface area (Å²) in [5.74, 6) is -1.65. The maximum atomic E-state index is 12.7. The van der Waals surface area contributed by atoms with Crippen molar-refractivity contribution in [3.05, 3.63) is 35.4 Å². The summed E-state index contributed by atoms with van der Waals surface area (Å²) >= 11 is 0. The van der Waals surface area contributed by atoms with Gasteiger partial charge in [0.2, 0.25) is 5.91 Å². The van der Waals surface area contributed by atoms with Gasteiger partial charge in [0, 0.05) is 6.54 Å². The molecule has 1 aromatic rings. The molecule has 0 bridgehead atoms. The molecular weight excluding hydrogens is 325 g/mol. The summed E-state index contributed by atoms with van der Waals surface area (Å²) in [5, 5.41) is 8.76. The first-order valence-electron chi connectivity index (χ1n) is 7.65. The number of piperidine rings is 1. The van der Waals surface area contributed by atoms with Gasteiger partial charge in [-0.05, 0) is 37.0 Å². The molecule has 2 atom stereocenters. The lowest BCUT2D eigenvalue weighted by molar-refractivity contribution is -0.143. The standard InChI is InChI=1S/C16H19F3N2O3/c17-16(18,19)11-6-4-10(5-7-11)13-3-1-2-8-21(13)15(24)12(20)9-14(22)23/h4-7,12-13H,1-3,8-9,20H2,(H,22,23)/t12-,13?/m0/s1. The number of likely N-dealkylation sites (tertiary alicyclic amines) is 1. The van der Waals surface area contributed by atoms with E-state index in [9.17, 15) is 22.8 Å². The Balaban J connectivity index is 2.20. The number of nitrogens with zero attached hydrogens (tertiary/aromatic N) is 1. The highest BCUT2D eigenvalue weighted by molar-refractivity contribution is 5.86. The molecule has 132 valence electrons. The van der Waals surface area contributed by atoms with Crippen LogP contribution < -0.4 is 5.73 Å². The van der Waals surface area contributed by atoms with Gasteiger partial charge in [0.15, 0.2) is 0 Å². The Kier molecular flexibility index (Phi) is 5.48. The Morgan fingerprint density at radius 2 is 1.88 bits per heavy atom. The summed E-state index contributed by atoms with van der Waals surface area (Å²) in [6.07, 6.45) is -2.69. The third-order valence-electron chi connectivity index (χ3n) is 4.12. The van der Waals surface area contributed by atoms with Crippen LogP contribution in [0.2, 0.25) is 0 Å². The smallest absolute Gasteiger partial charge is 0.416 e. The van der Waals surface area contributed by atoms with Gasteiger partial charge in [-0.15, -0.1) is 0 Å². The number of amides is 1. The molecule has 1 fully saturated rings. The maximum Gasteiger partial charge on any atom is 0.416 e. The second-order valence-electron chi connectivity index (χ2n) is 5.87. The normalized spacial score (nSPS) is 19.8. The minimum atomic E-state index is -4.41. The number of alkyl halides is 3. The van der Waals surface area contributed by atoms with Crippen LogP contribution in [0.25, 0.3) is 0 Å². The zero-order valence-electron chi connectivity index (χ0n) is 12.9. The lowest BCUT2D eigenvalue weighted by Crippen LogP contribution is -2.48. The van der Waals surface area contributed by atoms with Gasteiger partial charge in [0.25, 0.3) is 0 Å². The number of carbonyl (C=O) groups excluding carboxylic acids is 1. The minimum Gasteiger partial charge on any atom is -0.481 e. The van der Waals surface area contributed by atoms with Crippen LogP contribution in [-0.2, 0) is 15.8 Å². The third-order valence-corrected chi connectivity index (χ3v) is 4.12. The lowest BCUT2D eigenvalue weighted by Gasteiger charge is -2.37. The van der Waals surface area contributed by atoms with Crippen LogP contribution in [0, 0.1) is 0 Å². The van der Waals surface area contributed by atoms with E-state index in [0.717, 1.165) is 25.0 Å². The van der Waals surface area contributed by atoms with Crippen molar-refractivity contribution in [2.24, 2.45) is 5.73 Å². The number of aliphatic carboxylic acids is 1. The molecule has 0 aromatic heterocycles. The Morgan fingerprint density at radius 3 is 2.42 bits per heavy atom. The van der Waals surface area contributed by atoms with Gasteiger partial charge < -0.3 is 15.7 Å². The quantitative estimate of drug-likeness (QED) is 0.879. The SMILES string of the molecule is N[C@@H](CC(=O)O)C(=O)N1CCCCC1c1ccc(C(F)(F)F)cc1. The molecular formula is C16H19F3N2O3. The molecule has 24 heavy (non-hydrogen) atoms. The van der Waals surface area contributed by atoms with Crippen LogP contribution in [0.3, 0.4) is 0 Å². The van der Waals surface area contributed by atoms with Crippen molar-refractivity contribution in [1.29, 1.82) is 0 Å². The maximum absolute atomic E-state index is 12.7. The van der Waals surface area contributed by atoms with Crippen LogP contribution in [0.1, 0.15) is 42.9 Å². The van der Waals surface area contributed by atoms with Gasteiger partial charge in [0.05, 0.1) is 24.1 Å².